The van der Waals surface area contributed by atoms with Crippen LogP contribution in [0.15, 0.2) is 41.9 Å². The quantitative estimate of drug-likeness (QED) is 0.496. The molecule has 28 heavy (non-hydrogen) atoms. The number of nitrogens with zero attached hydrogens (tertiary/aromatic N) is 3. The van der Waals surface area contributed by atoms with E-state index in [1.165, 1.54) is 24.4 Å². The molecule has 3 rings (SSSR count). The van der Waals surface area contributed by atoms with Crippen molar-refractivity contribution in [2.24, 2.45) is 0 Å². The standard InChI is InChI=1S/C17H13F3N4O3S/c1-10-2-3-12(13(6-10)24(26)27)21-16(25)14-7-11(9-28-14)8-23-5-4-15(22-23)17(18,19)20/h2-7,9H,8H2,1H3,(H,21,25). The number of nitro groups is 1. The van der Waals surface area contributed by atoms with Gasteiger partial charge in [-0.25, -0.2) is 0 Å². The lowest BCUT2D eigenvalue weighted by atomic mass is 10.2. The first-order valence-electron chi connectivity index (χ1n) is 7.88. The molecule has 1 aromatic carbocycles. The number of hydrogen-bond donors (Lipinski definition) is 1. The second kappa shape index (κ2) is 7.43. The molecule has 0 aliphatic rings. The largest absolute Gasteiger partial charge is 0.435 e. The highest BCUT2D eigenvalue weighted by Crippen LogP contribution is 2.28. The van der Waals surface area contributed by atoms with Gasteiger partial charge in [0.25, 0.3) is 11.6 Å². The summed E-state index contributed by atoms with van der Waals surface area (Å²) in [6.45, 7) is 1.76. The molecule has 0 spiro atoms. The summed E-state index contributed by atoms with van der Waals surface area (Å²) in [5.41, 5.74) is 0.122. The van der Waals surface area contributed by atoms with Gasteiger partial charge in [-0.15, -0.1) is 11.3 Å². The molecule has 7 nitrogen and oxygen atoms in total. The van der Waals surface area contributed by atoms with Crippen molar-refractivity contribution in [2.75, 3.05) is 5.32 Å². The lowest BCUT2D eigenvalue weighted by Crippen LogP contribution is -2.12. The third kappa shape index (κ3) is 4.36. The van der Waals surface area contributed by atoms with Crippen molar-refractivity contribution in [1.29, 1.82) is 0 Å². The molecule has 3 aromatic rings. The first-order valence-corrected chi connectivity index (χ1v) is 8.76. The SMILES string of the molecule is Cc1ccc(NC(=O)c2cc(Cn3ccc(C(F)(F)F)n3)cs2)c([N+](=O)[O-])c1. The van der Waals surface area contributed by atoms with E-state index < -0.39 is 22.7 Å². The van der Waals surface area contributed by atoms with Crippen LogP contribution in [0, 0.1) is 17.0 Å². The maximum Gasteiger partial charge on any atom is 0.435 e. The lowest BCUT2D eigenvalue weighted by Gasteiger charge is -2.05. The van der Waals surface area contributed by atoms with Gasteiger partial charge in [-0.05, 0) is 41.6 Å². The minimum absolute atomic E-state index is 0.0601. The second-order valence-electron chi connectivity index (χ2n) is 5.95. The average molecular weight is 410 g/mol. The van der Waals surface area contributed by atoms with E-state index in [0.717, 1.165) is 22.1 Å². The summed E-state index contributed by atoms with van der Waals surface area (Å²) >= 11 is 1.08. The molecule has 1 amide bonds. The molecule has 0 unspecified atom stereocenters. The van der Waals surface area contributed by atoms with Gasteiger partial charge in [-0.2, -0.15) is 18.3 Å². The van der Waals surface area contributed by atoms with Crippen LogP contribution in [0.2, 0.25) is 0 Å². The maximum absolute atomic E-state index is 12.6. The fourth-order valence-electron chi connectivity index (χ4n) is 2.45. The van der Waals surface area contributed by atoms with Gasteiger partial charge in [0.2, 0.25) is 0 Å². The number of aryl methyl sites for hydroxylation is 1. The zero-order chi connectivity index (χ0) is 20.5. The summed E-state index contributed by atoms with van der Waals surface area (Å²) in [6.07, 6.45) is -3.32. The van der Waals surface area contributed by atoms with Crippen molar-refractivity contribution >= 4 is 28.6 Å². The Morgan fingerprint density at radius 3 is 2.71 bits per heavy atom. The van der Waals surface area contributed by atoms with E-state index in [-0.39, 0.29) is 22.8 Å². The Balaban J connectivity index is 1.73. The molecule has 2 aromatic heterocycles. The molecule has 0 saturated heterocycles. The lowest BCUT2D eigenvalue weighted by molar-refractivity contribution is -0.384. The average Bonchev–Trinajstić information content (AvgIpc) is 3.26. The van der Waals surface area contributed by atoms with Crippen molar-refractivity contribution in [3.05, 3.63) is 73.7 Å². The molecule has 0 radical (unpaired) electrons. The van der Waals surface area contributed by atoms with Crippen LogP contribution in [0.25, 0.3) is 0 Å². The third-order valence-corrected chi connectivity index (χ3v) is 4.73. The van der Waals surface area contributed by atoms with Gasteiger partial charge < -0.3 is 5.32 Å². The number of amides is 1. The fourth-order valence-corrected chi connectivity index (χ4v) is 3.25. The number of aromatic nitrogens is 2. The Morgan fingerprint density at radius 2 is 2.07 bits per heavy atom. The van der Waals surface area contributed by atoms with Crippen LogP contribution in [0.3, 0.4) is 0 Å². The van der Waals surface area contributed by atoms with E-state index in [2.05, 4.69) is 10.4 Å². The molecule has 0 bridgehead atoms. The third-order valence-electron chi connectivity index (χ3n) is 3.75. The van der Waals surface area contributed by atoms with Crippen LogP contribution >= 0.6 is 11.3 Å². The van der Waals surface area contributed by atoms with E-state index in [1.54, 1.807) is 18.4 Å². The molecule has 2 heterocycles. The zero-order valence-electron chi connectivity index (χ0n) is 14.4. The van der Waals surface area contributed by atoms with Crippen LogP contribution in [0.4, 0.5) is 24.5 Å². The number of benzene rings is 1. The number of hydrogen-bond acceptors (Lipinski definition) is 5. The Labute approximate surface area is 160 Å². The summed E-state index contributed by atoms with van der Waals surface area (Å²) < 4.78 is 38.9. The highest BCUT2D eigenvalue weighted by molar-refractivity contribution is 7.12. The number of nitro benzene ring substituents is 1. The first-order chi connectivity index (χ1) is 13.1. The Bertz CT molecular complexity index is 1040. The van der Waals surface area contributed by atoms with Gasteiger partial charge in [0, 0.05) is 12.3 Å². The van der Waals surface area contributed by atoms with Crippen LogP contribution in [0.1, 0.15) is 26.5 Å². The Morgan fingerprint density at radius 1 is 1.32 bits per heavy atom. The Kier molecular flexibility index (Phi) is 5.18. The minimum atomic E-state index is -4.52. The number of anilines is 1. The number of carbonyl (C=O) groups is 1. The molecule has 0 atom stereocenters. The molecule has 1 N–H and O–H groups in total. The van der Waals surface area contributed by atoms with Gasteiger partial charge in [-0.1, -0.05) is 6.07 Å². The van der Waals surface area contributed by atoms with E-state index in [0.29, 0.717) is 11.1 Å². The summed E-state index contributed by atoms with van der Waals surface area (Å²) in [7, 11) is 0. The van der Waals surface area contributed by atoms with Crippen LogP contribution in [-0.4, -0.2) is 20.6 Å². The molecule has 0 aliphatic heterocycles. The predicted octanol–water partition coefficient (Wildman–Crippen LogP) is 4.48. The van der Waals surface area contributed by atoms with Crippen molar-refractivity contribution in [3.63, 3.8) is 0 Å². The van der Waals surface area contributed by atoms with E-state index >= 15 is 0 Å². The van der Waals surface area contributed by atoms with Crippen molar-refractivity contribution in [2.45, 2.75) is 19.6 Å². The topological polar surface area (TPSA) is 90.1 Å². The van der Waals surface area contributed by atoms with Gasteiger partial charge >= 0.3 is 6.18 Å². The van der Waals surface area contributed by atoms with Gasteiger partial charge in [0.05, 0.1) is 16.3 Å². The molecular weight excluding hydrogens is 397 g/mol. The Hall–Kier alpha value is -3.21. The maximum atomic E-state index is 12.6. The number of halogens is 3. The zero-order valence-corrected chi connectivity index (χ0v) is 15.2. The highest BCUT2D eigenvalue weighted by atomic mass is 32.1. The molecule has 0 aliphatic carbocycles. The summed E-state index contributed by atoms with van der Waals surface area (Å²) in [5.74, 6) is -0.542. The van der Waals surface area contributed by atoms with Gasteiger partial charge in [-0.3, -0.25) is 19.6 Å². The van der Waals surface area contributed by atoms with Gasteiger partial charge in [0.15, 0.2) is 5.69 Å². The normalized spacial score (nSPS) is 11.4. The molecule has 11 heteroatoms. The number of rotatable bonds is 5. The minimum Gasteiger partial charge on any atom is -0.316 e. The number of carbonyl (C=O) groups excluding carboxylic acids is 1. The second-order valence-corrected chi connectivity index (χ2v) is 6.86. The fraction of sp³-hybridized carbons (Fsp3) is 0.176. The van der Waals surface area contributed by atoms with Crippen molar-refractivity contribution < 1.29 is 22.9 Å². The predicted molar refractivity (Wildman–Crippen MR) is 96.4 cm³/mol. The number of nitrogens with one attached hydrogen (secondary N) is 1. The molecule has 0 fully saturated rings. The van der Waals surface area contributed by atoms with Gasteiger partial charge in [0.1, 0.15) is 5.69 Å². The van der Waals surface area contributed by atoms with Crippen molar-refractivity contribution in [1.82, 2.24) is 9.78 Å². The van der Waals surface area contributed by atoms with Crippen LogP contribution in [-0.2, 0) is 12.7 Å². The summed E-state index contributed by atoms with van der Waals surface area (Å²) in [4.78, 5) is 23.2. The first kappa shape index (κ1) is 19.5. The van der Waals surface area contributed by atoms with E-state index in [1.807, 2.05) is 0 Å². The van der Waals surface area contributed by atoms with E-state index in [9.17, 15) is 28.1 Å². The van der Waals surface area contributed by atoms with Crippen LogP contribution < -0.4 is 5.32 Å². The van der Waals surface area contributed by atoms with Crippen LogP contribution in [0.5, 0.6) is 0 Å². The summed E-state index contributed by atoms with van der Waals surface area (Å²) in [5, 5.41) is 18.7. The van der Waals surface area contributed by atoms with Crippen molar-refractivity contribution in [3.8, 4) is 0 Å². The molecule has 0 saturated carbocycles. The number of thiophene rings is 1. The molecular formula is C17H13F3N4O3S. The summed E-state index contributed by atoms with van der Waals surface area (Å²) in [6, 6.07) is 6.82. The monoisotopic (exact) mass is 410 g/mol. The number of alkyl halides is 3. The van der Waals surface area contributed by atoms with E-state index in [4.69, 9.17) is 0 Å². The highest BCUT2D eigenvalue weighted by Gasteiger charge is 2.33. The smallest absolute Gasteiger partial charge is 0.316 e. The molecule has 146 valence electrons.